The largest absolute Gasteiger partial charge is 0.283 e. The van der Waals surface area contributed by atoms with Crippen LogP contribution in [0.15, 0.2) is 36.4 Å². The van der Waals surface area contributed by atoms with Crippen molar-refractivity contribution in [1.82, 2.24) is 0 Å². The summed E-state index contributed by atoms with van der Waals surface area (Å²) in [6, 6.07) is 7.62. The normalized spacial score (nSPS) is 11.4. The van der Waals surface area contributed by atoms with Crippen molar-refractivity contribution in [1.29, 1.82) is 0 Å². The fourth-order valence-electron chi connectivity index (χ4n) is 1.73. The lowest BCUT2D eigenvalue weighted by atomic mass is 10.2. The first-order valence-corrected chi connectivity index (χ1v) is 8.00. The number of sulfonamides is 1. The van der Waals surface area contributed by atoms with Crippen molar-refractivity contribution in [2.24, 2.45) is 0 Å². The van der Waals surface area contributed by atoms with Gasteiger partial charge in [0.15, 0.2) is 0 Å². The molecule has 0 saturated heterocycles. The second kappa shape index (κ2) is 5.99. The van der Waals surface area contributed by atoms with Gasteiger partial charge in [-0.3, -0.25) is 4.72 Å². The average Bonchev–Trinajstić information content (AvgIpc) is 2.37. The number of hydrogen-bond donors (Lipinski definition) is 1. The number of aryl methyl sites for hydroxylation is 1. The Morgan fingerprint density at radius 2 is 1.81 bits per heavy atom. The number of halogens is 3. The molecule has 0 heterocycles. The van der Waals surface area contributed by atoms with Crippen LogP contribution in [0.25, 0.3) is 0 Å². The van der Waals surface area contributed by atoms with Crippen LogP contribution in [0.5, 0.6) is 0 Å². The Balaban J connectivity index is 2.22. The number of hydrogen-bond acceptors (Lipinski definition) is 2. The van der Waals surface area contributed by atoms with E-state index in [4.69, 9.17) is 11.6 Å². The molecule has 0 bridgehead atoms. The number of rotatable bonds is 4. The van der Waals surface area contributed by atoms with Crippen molar-refractivity contribution in [2.75, 3.05) is 4.72 Å². The predicted octanol–water partition coefficient (Wildman–Crippen LogP) is 3.87. The lowest BCUT2D eigenvalue weighted by Gasteiger charge is -2.09. The van der Waals surface area contributed by atoms with Crippen LogP contribution in [0.3, 0.4) is 0 Å². The van der Waals surface area contributed by atoms with Crippen LogP contribution in [0.4, 0.5) is 14.5 Å². The second-order valence-electron chi connectivity index (χ2n) is 4.56. The minimum Gasteiger partial charge on any atom is -0.283 e. The zero-order valence-electron chi connectivity index (χ0n) is 11.0. The van der Waals surface area contributed by atoms with E-state index < -0.39 is 27.4 Å². The molecule has 7 heteroatoms. The molecule has 21 heavy (non-hydrogen) atoms. The molecule has 2 aromatic carbocycles. The maximum Gasteiger partial charge on any atom is 0.237 e. The van der Waals surface area contributed by atoms with E-state index in [0.717, 1.165) is 12.1 Å². The van der Waals surface area contributed by atoms with Crippen LogP contribution in [-0.2, 0) is 15.8 Å². The molecule has 0 fully saturated rings. The molecular weight excluding hydrogens is 320 g/mol. The fraction of sp³-hybridized carbons (Fsp3) is 0.143. The quantitative estimate of drug-likeness (QED) is 0.924. The van der Waals surface area contributed by atoms with Gasteiger partial charge >= 0.3 is 0 Å². The Morgan fingerprint density at radius 3 is 2.48 bits per heavy atom. The van der Waals surface area contributed by atoms with Crippen molar-refractivity contribution in [3.05, 3.63) is 64.2 Å². The molecule has 0 saturated carbocycles. The first-order valence-electron chi connectivity index (χ1n) is 5.97. The number of anilines is 1. The maximum absolute atomic E-state index is 13.5. The first-order chi connectivity index (χ1) is 9.77. The van der Waals surface area contributed by atoms with Crippen molar-refractivity contribution in [2.45, 2.75) is 12.7 Å². The summed E-state index contributed by atoms with van der Waals surface area (Å²) in [5, 5.41) is 0.239. The summed E-state index contributed by atoms with van der Waals surface area (Å²) in [6.07, 6.45) is 0. The Bertz CT molecular complexity index is 779. The fourth-order valence-corrected chi connectivity index (χ4v) is 3.11. The van der Waals surface area contributed by atoms with Crippen LogP contribution in [0.2, 0.25) is 5.02 Å². The summed E-state index contributed by atoms with van der Waals surface area (Å²) in [5.74, 6) is -1.78. The highest BCUT2D eigenvalue weighted by atomic mass is 35.5. The zero-order valence-corrected chi connectivity index (χ0v) is 12.6. The van der Waals surface area contributed by atoms with Gasteiger partial charge in [0.1, 0.15) is 11.6 Å². The molecular formula is C14H12ClF2NO2S. The molecule has 0 amide bonds. The van der Waals surface area contributed by atoms with E-state index in [9.17, 15) is 17.2 Å². The van der Waals surface area contributed by atoms with Crippen LogP contribution in [0, 0.1) is 18.6 Å². The van der Waals surface area contributed by atoms with Gasteiger partial charge in [-0.1, -0.05) is 17.7 Å². The Hall–Kier alpha value is -1.66. The van der Waals surface area contributed by atoms with E-state index in [0.29, 0.717) is 5.56 Å². The lowest BCUT2D eigenvalue weighted by molar-refractivity contribution is 0.591. The van der Waals surface area contributed by atoms with Gasteiger partial charge < -0.3 is 0 Å². The summed E-state index contributed by atoms with van der Waals surface area (Å²) in [5.41, 5.74) is 0.432. The van der Waals surface area contributed by atoms with Crippen molar-refractivity contribution >= 4 is 27.3 Å². The molecule has 0 aliphatic rings. The molecule has 112 valence electrons. The molecule has 2 rings (SSSR count). The molecule has 0 unspecified atom stereocenters. The zero-order chi connectivity index (χ0) is 15.6. The van der Waals surface area contributed by atoms with E-state index in [-0.39, 0.29) is 16.3 Å². The van der Waals surface area contributed by atoms with Gasteiger partial charge in [-0.2, -0.15) is 0 Å². The Labute approximate surface area is 126 Å². The standard InChI is InChI=1S/C14H12ClF2NO2S/c1-9-2-4-12(7-14(9)17)18-21(19,20)8-10-6-11(15)3-5-13(10)16/h2-7,18H,8H2,1H3. The molecule has 0 aliphatic carbocycles. The maximum atomic E-state index is 13.5. The molecule has 0 aliphatic heterocycles. The molecule has 0 aromatic heterocycles. The summed E-state index contributed by atoms with van der Waals surface area (Å²) in [6.45, 7) is 1.56. The molecule has 0 radical (unpaired) electrons. The monoisotopic (exact) mass is 331 g/mol. The third-order valence-corrected chi connectivity index (χ3v) is 4.27. The van der Waals surface area contributed by atoms with E-state index >= 15 is 0 Å². The van der Waals surface area contributed by atoms with Crippen molar-refractivity contribution < 1.29 is 17.2 Å². The third kappa shape index (κ3) is 4.15. The first kappa shape index (κ1) is 15.7. The van der Waals surface area contributed by atoms with Gasteiger partial charge in [-0.25, -0.2) is 17.2 Å². The van der Waals surface area contributed by atoms with E-state index in [1.807, 2.05) is 0 Å². The van der Waals surface area contributed by atoms with Crippen molar-refractivity contribution in [3.8, 4) is 0 Å². The third-order valence-electron chi connectivity index (χ3n) is 2.80. The predicted molar refractivity (Wildman–Crippen MR) is 78.8 cm³/mol. The summed E-state index contributed by atoms with van der Waals surface area (Å²) < 4.78 is 53.1. The van der Waals surface area contributed by atoms with Crippen LogP contribution in [-0.4, -0.2) is 8.42 Å². The minimum absolute atomic E-state index is 0.0532. The lowest BCUT2D eigenvalue weighted by Crippen LogP contribution is -2.16. The van der Waals surface area contributed by atoms with Crippen molar-refractivity contribution in [3.63, 3.8) is 0 Å². The van der Waals surface area contributed by atoms with Gasteiger partial charge in [-0.15, -0.1) is 0 Å². The molecule has 2 aromatic rings. The van der Waals surface area contributed by atoms with E-state index in [2.05, 4.69) is 4.72 Å². The van der Waals surface area contributed by atoms with Crippen LogP contribution >= 0.6 is 11.6 Å². The van der Waals surface area contributed by atoms with Gasteiger partial charge in [0.2, 0.25) is 10.0 Å². The van der Waals surface area contributed by atoms with E-state index in [1.165, 1.54) is 24.3 Å². The summed E-state index contributed by atoms with van der Waals surface area (Å²) in [7, 11) is -3.87. The van der Waals surface area contributed by atoms with Gasteiger partial charge in [0, 0.05) is 10.6 Å². The molecule has 0 spiro atoms. The molecule has 0 atom stereocenters. The van der Waals surface area contributed by atoms with Gasteiger partial charge in [0.05, 0.1) is 11.4 Å². The highest BCUT2D eigenvalue weighted by molar-refractivity contribution is 7.91. The molecule has 1 N–H and O–H groups in total. The highest BCUT2D eigenvalue weighted by Gasteiger charge is 2.16. The summed E-state index contributed by atoms with van der Waals surface area (Å²) >= 11 is 5.71. The summed E-state index contributed by atoms with van der Waals surface area (Å²) in [4.78, 5) is 0. The van der Waals surface area contributed by atoms with Gasteiger partial charge in [-0.05, 0) is 42.8 Å². The average molecular weight is 332 g/mol. The highest BCUT2D eigenvalue weighted by Crippen LogP contribution is 2.20. The SMILES string of the molecule is Cc1ccc(NS(=O)(=O)Cc2cc(Cl)ccc2F)cc1F. The topological polar surface area (TPSA) is 46.2 Å². The molecule has 3 nitrogen and oxygen atoms in total. The minimum atomic E-state index is -3.87. The van der Waals surface area contributed by atoms with Gasteiger partial charge in [0.25, 0.3) is 0 Å². The van der Waals surface area contributed by atoms with Crippen LogP contribution in [0.1, 0.15) is 11.1 Å². The number of benzene rings is 2. The smallest absolute Gasteiger partial charge is 0.237 e. The van der Waals surface area contributed by atoms with Crippen LogP contribution < -0.4 is 4.72 Å². The Morgan fingerprint density at radius 1 is 1.10 bits per heavy atom. The number of nitrogens with one attached hydrogen (secondary N) is 1. The Kier molecular flexibility index (Phi) is 4.49. The second-order valence-corrected chi connectivity index (χ2v) is 6.72. The van der Waals surface area contributed by atoms with E-state index in [1.54, 1.807) is 6.92 Å².